The summed E-state index contributed by atoms with van der Waals surface area (Å²) in [7, 11) is 1.59. The summed E-state index contributed by atoms with van der Waals surface area (Å²) < 4.78 is 16.3. The van der Waals surface area contributed by atoms with Gasteiger partial charge in [-0.2, -0.15) is 0 Å². The van der Waals surface area contributed by atoms with E-state index in [-0.39, 0.29) is 19.1 Å². The van der Waals surface area contributed by atoms with Crippen molar-refractivity contribution in [1.29, 1.82) is 0 Å². The van der Waals surface area contributed by atoms with Crippen LogP contribution >= 0.6 is 11.6 Å². The largest absolute Gasteiger partial charge is 0.484 e. The molecule has 136 valence electrons. The third kappa shape index (κ3) is 4.74. The maximum absolute atomic E-state index is 12.6. The van der Waals surface area contributed by atoms with Gasteiger partial charge in [0, 0.05) is 18.7 Å². The Bertz CT molecular complexity index is 830. The average Bonchev–Trinajstić information content (AvgIpc) is 3.07. The molecule has 1 amide bonds. The number of methoxy groups -OCH3 is 1. The van der Waals surface area contributed by atoms with Gasteiger partial charge >= 0.3 is 0 Å². The smallest absolute Gasteiger partial charge is 0.261 e. The van der Waals surface area contributed by atoms with Crippen molar-refractivity contribution in [3.63, 3.8) is 0 Å². The molecule has 0 spiro atoms. The third-order valence-corrected chi connectivity index (χ3v) is 4.01. The van der Waals surface area contributed by atoms with Crippen LogP contribution in [0, 0.1) is 0 Å². The van der Waals surface area contributed by atoms with Crippen LogP contribution in [0.25, 0.3) is 11.1 Å². The predicted octanol–water partition coefficient (Wildman–Crippen LogP) is 3.54. The Kier molecular flexibility index (Phi) is 6.09. The molecule has 1 heterocycles. The predicted molar refractivity (Wildman–Crippen MR) is 98.2 cm³/mol. The van der Waals surface area contributed by atoms with E-state index < -0.39 is 0 Å². The molecule has 0 aliphatic heterocycles. The first kappa shape index (κ1) is 18.2. The molecule has 0 unspecified atom stereocenters. The highest BCUT2D eigenvalue weighted by Crippen LogP contribution is 2.17. The number of hydrogen-bond donors (Lipinski definition) is 0. The van der Waals surface area contributed by atoms with E-state index in [1.165, 1.54) is 0 Å². The van der Waals surface area contributed by atoms with Gasteiger partial charge in [-0.3, -0.25) is 4.79 Å². The highest BCUT2D eigenvalue weighted by molar-refractivity contribution is 6.30. The average molecular weight is 375 g/mol. The second kappa shape index (κ2) is 8.69. The van der Waals surface area contributed by atoms with Crippen LogP contribution in [-0.2, 0) is 16.1 Å². The van der Waals surface area contributed by atoms with Crippen LogP contribution in [0.5, 0.6) is 5.75 Å². The molecular formula is C19H19ClN2O4. The highest BCUT2D eigenvalue weighted by atomic mass is 35.5. The molecular weight excluding hydrogens is 356 g/mol. The summed E-state index contributed by atoms with van der Waals surface area (Å²) in [5.41, 5.74) is 1.46. The molecule has 1 aromatic heterocycles. The van der Waals surface area contributed by atoms with Crippen LogP contribution in [-0.4, -0.2) is 42.7 Å². The number of amides is 1. The van der Waals surface area contributed by atoms with Crippen LogP contribution < -0.4 is 4.74 Å². The Balaban J connectivity index is 1.65. The summed E-state index contributed by atoms with van der Waals surface area (Å²) in [5.74, 6) is 0.873. The molecule has 0 saturated carbocycles. The first-order chi connectivity index (χ1) is 12.7. The number of hydrogen-bond acceptors (Lipinski definition) is 5. The third-order valence-electron chi connectivity index (χ3n) is 3.76. The van der Waals surface area contributed by atoms with Crippen LogP contribution in [0.4, 0.5) is 0 Å². The van der Waals surface area contributed by atoms with Crippen molar-refractivity contribution in [3.05, 3.63) is 59.4 Å². The Labute approximate surface area is 156 Å². The molecule has 3 rings (SSSR count). The molecule has 7 heteroatoms. The van der Waals surface area contributed by atoms with E-state index in [0.717, 1.165) is 5.52 Å². The maximum atomic E-state index is 12.6. The number of carbonyl (C=O) groups excluding carboxylic acids is 1. The minimum atomic E-state index is -0.181. The van der Waals surface area contributed by atoms with Gasteiger partial charge in [0.05, 0.1) is 13.2 Å². The topological polar surface area (TPSA) is 64.8 Å². The molecule has 0 aliphatic rings. The summed E-state index contributed by atoms with van der Waals surface area (Å²) in [6, 6.07) is 14.3. The van der Waals surface area contributed by atoms with E-state index >= 15 is 0 Å². The van der Waals surface area contributed by atoms with Crippen molar-refractivity contribution in [2.24, 2.45) is 0 Å². The van der Waals surface area contributed by atoms with Crippen LogP contribution in [0.1, 0.15) is 5.89 Å². The lowest BCUT2D eigenvalue weighted by atomic mass is 10.3. The van der Waals surface area contributed by atoms with Gasteiger partial charge in [0.25, 0.3) is 5.91 Å². The molecule has 3 aromatic rings. The van der Waals surface area contributed by atoms with Gasteiger partial charge in [0.15, 0.2) is 12.2 Å². The first-order valence-corrected chi connectivity index (χ1v) is 8.53. The number of carbonyl (C=O) groups is 1. The van der Waals surface area contributed by atoms with Crippen molar-refractivity contribution in [2.45, 2.75) is 6.54 Å². The molecule has 26 heavy (non-hydrogen) atoms. The van der Waals surface area contributed by atoms with Gasteiger partial charge in [-0.05, 0) is 36.4 Å². The number of halogens is 1. The van der Waals surface area contributed by atoms with Gasteiger partial charge in [0.1, 0.15) is 11.3 Å². The normalized spacial score (nSPS) is 10.8. The zero-order valence-corrected chi connectivity index (χ0v) is 15.1. The van der Waals surface area contributed by atoms with E-state index in [1.54, 1.807) is 36.3 Å². The molecule has 0 aliphatic carbocycles. The lowest BCUT2D eigenvalue weighted by Gasteiger charge is -2.21. The summed E-state index contributed by atoms with van der Waals surface area (Å²) in [5, 5.41) is 0.612. The summed E-state index contributed by atoms with van der Waals surface area (Å²) >= 11 is 5.84. The molecule has 0 radical (unpaired) electrons. The fourth-order valence-corrected chi connectivity index (χ4v) is 2.54. The fourth-order valence-electron chi connectivity index (χ4n) is 2.41. The molecule has 6 nitrogen and oxygen atoms in total. The van der Waals surface area contributed by atoms with E-state index in [0.29, 0.717) is 35.4 Å². The van der Waals surface area contributed by atoms with E-state index in [1.807, 2.05) is 24.3 Å². The number of benzene rings is 2. The second-order valence-electron chi connectivity index (χ2n) is 5.63. The van der Waals surface area contributed by atoms with Crippen LogP contribution in [0.15, 0.2) is 52.9 Å². The molecule has 0 fully saturated rings. The highest BCUT2D eigenvalue weighted by Gasteiger charge is 2.18. The van der Waals surface area contributed by atoms with Crippen LogP contribution in [0.2, 0.25) is 5.02 Å². The minimum absolute atomic E-state index is 0.0917. The quantitative estimate of drug-likeness (QED) is 0.603. The van der Waals surface area contributed by atoms with Crippen molar-refractivity contribution < 1.29 is 18.7 Å². The van der Waals surface area contributed by atoms with Gasteiger partial charge < -0.3 is 18.8 Å². The second-order valence-corrected chi connectivity index (χ2v) is 6.06. The van der Waals surface area contributed by atoms with E-state index in [9.17, 15) is 4.79 Å². The van der Waals surface area contributed by atoms with Gasteiger partial charge in [-0.25, -0.2) is 4.98 Å². The molecule has 0 N–H and O–H groups in total. The lowest BCUT2D eigenvalue weighted by Crippen LogP contribution is -2.36. The monoisotopic (exact) mass is 374 g/mol. The molecule has 0 atom stereocenters. The number of oxazole rings is 1. The Hall–Kier alpha value is -2.57. The lowest BCUT2D eigenvalue weighted by molar-refractivity contribution is -0.135. The first-order valence-electron chi connectivity index (χ1n) is 8.15. The number of para-hydroxylation sites is 2. The number of fused-ring (bicyclic) bond motifs is 1. The Morgan fingerprint density at radius 1 is 1.19 bits per heavy atom. The summed E-state index contributed by atoms with van der Waals surface area (Å²) in [4.78, 5) is 18.6. The van der Waals surface area contributed by atoms with Crippen molar-refractivity contribution in [3.8, 4) is 5.75 Å². The number of ether oxygens (including phenoxy) is 2. The van der Waals surface area contributed by atoms with Gasteiger partial charge in [0.2, 0.25) is 5.89 Å². The zero-order valence-electron chi connectivity index (χ0n) is 14.4. The maximum Gasteiger partial charge on any atom is 0.261 e. The number of rotatable bonds is 8. The van der Waals surface area contributed by atoms with Crippen molar-refractivity contribution >= 4 is 28.6 Å². The van der Waals surface area contributed by atoms with Crippen molar-refractivity contribution in [2.75, 3.05) is 26.9 Å². The molecule has 0 bridgehead atoms. The zero-order chi connectivity index (χ0) is 18.4. The van der Waals surface area contributed by atoms with Gasteiger partial charge in [-0.15, -0.1) is 0 Å². The number of aromatic nitrogens is 1. The number of nitrogens with zero attached hydrogens (tertiary/aromatic N) is 2. The Morgan fingerprint density at radius 2 is 1.96 bits per heavy atom. The summed E-state index contributed by atoms with van der Waals surface area (Å²) in [6.07, 6.45) is 0. The van der Waals surface area contributed by atoms with Crippen molar-refractivity contribution in [1.82, 2.24) is 9.88 Å². The molecule has 2 aromatic carbocycles. The Morgan fingerprint density at radius 3 is 2.69 bits per heavy atom. The van der Waals surface area contributed by atoms with Crippen LogP contribution in [0.3, 0.4) is 0 Å². The summed E-state index contributed by atoms with van der Waals surface area (Å²) in [6.45, 7) is 0.984. The minimum Gasteiger partial charge on any atom is -0.484 e. The standard InChI is InChI=1S/C19H19ClN2O4/c1-24-11-10-22(12-18-21-16-4-2-3-5-17(16)26-18)19(23)13-25-15-8-6-14(20)7-9-15/h2-9H,10-13H2,1H3. The van der Waals surface area contributed by atoms with E-state index in [2.05, 4.69) is 4.98 Å². The SMILES string of the molecule is COCCN(Cc1nc2ccccc2o1)C(=O)COc1ccc(Cl)cc1. The fraction of sp³-hybridized carbons (Fsp3) is 0.263. The van der Waals surface area contributed by atoms with E-state index in [4.69, 9.17) is 25.5 Å². The van der Waals surface area contributed by atoms with Gasteiger partial charge in [-0.1, -0.05) is 23.7 Å². The molecule has 0 saturated heterocycles.